The van der Waals surface area contributed by atoms with Crippen LogP contribution in [0.2, 0.25) is 0 Å². The Balaban J connectivity index is 1.68. The van der Waals surface area contributed by atoms with Gasteiger partial charge in [-0.3, -0.25) is 9.48 Å². The highest BCUT2D eigenvalue weighted by atomic mass is 19.1. The largest absolute Gasteiger partial charge is 0.322 e. The van der Waals surface area contributed by atoms with Crippen molar-refractivity contribution in [2.75, 3.05) is 5.32 Å². The van der Waals surface area contributed by atoms with Gasteiger partial charge in [0.1, 0.15) is 18.2 Å². The van der Waals surface area contributed by atoms with Crippen LogP contribution in [0, 0.1) is 11.6 Å². The highest BCUT2D eigenvalue weighted by Gasteiger charge is 2.14. The van der Waals surface area contributed by atoms with Crippen molar-refractivity contribution in [2.45, 2.75) is 38.6 Å². The van der Waals surface area contributed by atoms with Crippen LogP contribution in [0.3, 0.4) is 0 Å². The van der Waals surface area contributed by atoms with E-state index >= 15 is 0 Å². The molecule has 1 amide bonds. The van der Waals surface area contributed by atoms with Gasteiger partial charge in [-0.1, -0.05) is 6.42 Å². The number of aromatic nitrogens is 2. The van der Waals surface area contributed by atoms with E-state index in [4.69, 9.17) is 0 Å². The van der Waals surface area contributed by atoms with Crippen LogP contribution in [0.1, 0.15) is 30.5 Å². The topological polar surface area (TPSA) is 46.9 Å². The maximum Gasteiger partial charge on any atom is 0.246 e. The summed E-state index contributed by atoms with van der Waals surface area (Å²) in [7, 11) is 0. The minimum Gasteiger partial charge on any atom is -0.322 e. The summed E-state index contributed by atoms with van der Waals surface area (Å²) >= 11 is 0. The molecule has 1 aromatic carbocycles. The number of carbonyl (C=O) groups is 1. The third-order valence-corrected chi connectivity index (χ3v) is 3.79. The maximum absolute atomic E-state index is 13.5. The quantitative estimate of drug-likeness (QED) is 0.886. The van der Waals surface area contributed by atoms with Gasteiger partial charge in [-0.2, -0.15) is 5.10 Å². The van der Waals surface area contributed by atoms with Crippen molar-refractivity contribution in [1.29, 1.82) is 0 Å². The van der Waals surface area contributed by atoms with Crippen molar-refractivity contribution in [3.63, 3.8) is 0 Å². The first-order valence-corrected chi connectivity index (χ1v) is 7.42. The lowest BCUT2D eigenvalue weighted by Gasteiger charge is -2.06. The van der Waals surface area contributed by atoms with Crippen molar-refractivity contribution >= 4 is 11.6 Å². The minimum atomic E-state index is -0.661. The molecule has 0 radical (unpaired) electrons. The fraction of sp³-hybridized carbons (Fsp3) is 0.375. The van der Waals surface area contributed by atoms with Crippen molar-refractivity contribution < 1.29 is 13.6 Å². The Kier molecular flexibility index (Phi) is 4.18. The summed E-state index contributed by atoms with van der Waals surface area (Å²) in [5, 5.41) is 6.80. The van der Waals surface area contributed by atoms with Crippen molar-refractivity contribution in [3.8, 4) is 0 Å². The molecule has 4 nitrogen and oxygen atoms in total. The highest BCUT2D eigenvalue weighted by Crippen LogP contribution is 2.19. The molecular formula is C16H17F2N3O. The molecule has 0 bridgehead atoms. The van der Waals surface area contributed by atoms with E-state index in [1.54, 1.807) is 4.68 Å². The number of benzene rings is 1. The molecular weight excluding hydrogens is 288 g/mol. The number of halogens is 2. The molecule has 116 valence electrons. The minimum absolute atomic E-state index is 0.0110. The second kappa shape index (κ2) is 6.25. The molecule has 2 aromatic rings. The lowest BCUT2D eigenvalue weighted by Crippen LogP contribution is -2.20. The molecule has 1 aliphatic carbocycles. The molecule has 3 rings (SSSR count). The van der Waals surface area contributed by atoms with E-state index in [2.05, 4.69) is 10.4 Å². The van der Waals surface area contributed by atoms with Gasteiger partial charge in [0.15, 0.2) is 0 Å². The van der Waals surface area contributed by atoms with E-state index in [1.807, 2.05) is 6.20 Å². The first-order valence-electron chi connectivity index (χ1n) is 7.42. The molecule has 0 unspecified atom stereocenters. The number of amides is 1. The Morgan fingerprint density at radius 1 is 1.23 bits per heavy atom. The lowest BCUT2D eigenvalue weighted by atomic mass is 10.1. The molecule has 6 heteroatoms. The third-order valence-electron chi connectivity index (χ3n) is 3.79. The van der Waals surface area contributed by atoms with Crippen LogP contribution in [0.25, 0.3) is 0 Å². The number of nitrogens with zero attached hydrogens (tertiary/aromatic N) is 2. The van der Waals surface area contributed by atoms with Crippen LogP contribution in [0.4, 0.5) is 14.5 Å². The van der Waals surface area contributed by atoms with Crippen LogP contribution < -0.4 is 5.32 Å². The second-order valence-electron chi connectivity index (χ2n) is 5.53. The number of nitrogens with one attached hydrogen (secondary N) is 1. The van der Waals surface area contributed by atoms with Crippen LogP contribution >= 0.6 is 0 Å². The third kappa shape index (κ3) is 3.32. The molecule has 1 aliphatic rings. The monoisotopic (exact) mass is 305 g/mol. The van der Waals surface area contributed by atoms with Gasteiger partial charge in [-0.15, -0.1) is 0 Å². The summed E-state index contributed by atoms with van der Waals surface area (Å²) in [6, 6.07) is 2.96. The zero-order chi connectivity index (χ0) is 15.5. The molecule has 1 heterocycles. The highest BCUT2D eigenvalue weighted by molar-refractivity contribution is 5.90. The summed E-state index contributed by atoms with van der Waals surface area (Å²) in [5.41, 5.74) is 2.07. The van der Waals surface area contributed by atoms with E-state index in [0.29, 0.717) is 0 Å². The van der Waals surface area contributed by atoms with E-state index in [0.717, 1.165) is 49.6 Å². The summed E-state index contributed by atoms with van der Waals surface area (Å²) < 4.78 is 28.1. The number of rotatable bonds is 3. The molecule has 1 aromatic heterocycles. The van der Waals surface area contributed by atoms with Crippen molar-refractivity contribution in [2.24, 2.45) is 0 Å². The Morgan fingerprint density at radius 2 is 2.05 bits per heavy atom. The molecule has 0 atom stereocenters. The second-order valence-corrected chi connectivity index (χ2v) is 5.53. The molecule has 0 saturated carbocycles. The first kappa shape index (κ1) is 14.7. The summed E-state index contributed by atoms with van der Waals surface area (Å²) in [4.78, 5) is 12.0. The number of anilines is 1. The number of hydrogen-bond donors (Lipinski definition) is 1. The van der Waals surface area contributed by atoms with Gasteiger partial charge in [0, 0.05) is 12.3 Å². The molecule has 0 saturated heterocycles. The van der Waals surface area contributed by atoms with Gasteiger partial charge < -0.3 is 5.32 Å². The average Bonchev–Trinajstić information content (AvgIpc) is 2.71. The van der Waals surface area contributed by atoms with Gasteiger partial charge >= 0.3 is 0 Å². The van der Waals surface area contributed by atoms with Gasteiger partial charge in [0.25, 0.3) is 0 Å². The van der Waals surface area contributed by atoms with Gasteiger partial charge in [-0.25, -0.2) is 8.78 Å². The summed E-state index contributed by atoms with van der Waals surface area (Å²) in [5.74, 6) is -1.68. The molecule has 22 heavy (non-hydrogen) atoms. The van der Waals surface area contributed by atoms with E-state index < -0.39 is 17.5 Å². The number of hydrogen-bond acceptors (Lipinski definition) is 2. The predicted octanol–water partition coefficient (Wildman–Crippen LogP) is 3.07. The summed E-state index contributed by atoms with van der Waals surface area (Å²) in [6.45, 7) is -0.0110. The first-order chi connectivity index (χ1) is 10.6. The molecule has 1 N–H and O–H groups in total. The van der Waals surface area contributed by atoms with Gasteiger partial charge in [-0.05, 0) is 43.4 Å². The van der Waals surface area contributed by atoms with Crippen molar-refractivity contribution in [3.05, 3.63) is 47.3 Å². The van der Waals surface area contributed by atoms with Crippen molar-refractivity contribution in [1.82, 2.24) is 9.78 Å². The van der Waals surface area contributed by atoms with Crippen LogP contribution in [0.15, 0.2) is 24.4 Å². The van der Waals surface area contributed by atoms with E-state index in [-0.39, 0.29) is 12.2 Å². The summed E-state index contributed by atoms with van der Waals surface area (Å²) in [6.07, 6.45) is 7.25. The Hall–Kier alpha value is -2.24. The Morgan fingerprint density at radius 3 is 2.91 bits per heavy atom. The SMILES string of the molecule is O=C(Cn1cc2c(n1)CCCCC2)Nc1cc(F)ccc1F. The fourth-order valence-electron chi connectivity index (χ4n) is 2.72. The van der Waals surface area contributed by atoms with Crippen LogP contribution in [-0.4, -0.2) is 15.7 Å². The van der Waals surface area contributed by atoms with E-state index in [1.165, 1.54) is 12.0 Å². The zero-order valence-electron chi connectivity index (χ0n) is 12.1. The number of fused-ring (bicyclic) bond motifs is 1. The molecule has 0 fully saturated rings. The smallest absolute Gasteiger partial charge is 0.246 e. The maximum atomic E-state index is 13.5. The van der Waals surface area contributed by atoms with Crippen LogP contribution in [0.5, 0.6) is 0 Å². The molecule has 0 aliphatic heterocycles. The van der Waals surface area contributed by atoms with E-state index in [9.17, 15) is 13.6 Å². The van der Waals surface area contributed by atoms with Gasteiger partial charge in [0.2, 0.25) is 5.91 Å². The fourth-order valence-corrected chi connectivity index (χ4v) is 2.72. The Bertz CT molecular complexity index is 673. The van der Waals surface area contributed by atoms with Crippen LogP contribution in [-0.2, 0) is 24.2 Å². The van der Waals surface area contributed by atoms with Gasteiger partial charge in [0.05, 0.1) is 11.4 Å². The predicted molar refractivity (Wildman–Crippen MR) is 78.5 cm³/mol. The average molecular weight is 305 g/mol. The zero-order valence-corrected chi connectivity index (χ0v) is 12.1. The lowest BCUT2D eigenvalue weighted by molar-refractivity contribution is -0.116. The normalized spacial score (nSPS) is 14.3. The molecule has 0 spiro atoms. The standard InChI is InChI=1S/C16H17F2N3O/c17-12-6-7-13(18)15(8-12)19-16(22)10-21-9-11-4-2-1-3-5-14(11)20-21/h6-9H,1-5,10H2,(H,19,22). The number of aryl methyl sites for hydroxylation is 2. The number of carbonyl (C=O) groups excluding carboxylic acids is 1. The Labute approximate surface area is 127 Å².